The van der Waals surface area contributed by atoms with Gasteiger partial charge in [0.2, 0.25) is 0 Å². The summed E-state index contributed by atoms with van der Waals surface area (Å²) in [6.45, 7) is 2.79. The monoisotopic (exact) mass is 233 g/mol. The summed E-state index contributed by atoms with van der Waals surface area (Å²) in [7, 11) is 0. The average Bonchev–Trinajstić information content (AvgIpc) is 2.39. The van der Waals surface area contributed by atoms with E-state index < -0.39 is 0 Å². The van der Waals surface area contributed by atoms with Gasteiger partial charge in [0.1, 0.15) is 0 Å². The van der Waals surface area contributed by atoms with Gasteiger partial charge in [0.15, 0.2) is 0 Å². The molecule has 0 saturated carbocycles. The molecule has 2 N–H and O–H groups in total. The Morgan fingerprint density at radius 3 is 2.82 bits per heavy atom. The average molecular weight is 233 g/mol. The Morgan fingerprint density at radius 1 is 1.47 bits per heavy atom. The van der Waals surface area contributed by atoms with Crippen molar-refractivity contribution in [3.05, 3.63) is 30.1 Å². The second-order valence-corrected chi connectivity index (χ2v) is 4.66. The Labute approximate surface area is 102 Å². The second-order valence-electron chi connectivity index (χ2n) is 4.66. The molecule has 0 aliphatic carbocycles. The highest BCUT2D eigenvalue weighted by Gasteiger charge is 2.29. The van der Waals surface area contributed by atoms with Gasteiger partial charge in [-0.25, -0.2) is 0 Å². The van der Waals surface area contributed by atoms with Crippen molar-refractivity contribution in [2.45, 2.75) is 38.3 Å². The SMILES string of the molecule is C[C@@H](N)[C@@H]1CCCCN1C(=O)c1ccncc1. The molecule has 4 nitrogen and oxygen atoms in total. The number of amides is 1. The molecule has 0 spiro atoms. The highest BCUT2D eigenvalue weighted by Crippen LogP contribution is 2.21. The molecule has 2 rings (SSSR count). The van der Waals surface area contributed by atoms with E-state index in [1.807, 2.05) is 11.8 Å². The predicted octanol–water partition coefficient (Wildman–Crippen LogP) is 1.42. The lowest BCUT2D eigenvalue weighted by atomic mass is 9.96. The molecule has 1 amide bonds. The molecule has 0 aromatic carbocycles. The molecule has 4 heteroatoms. The van der Waals surface area contributed by atoms with E-state index in [1.165, 1.54) is 0 Å². The normalized spacial score (nSPS) is 22.2. The van der Waals surface area contributed by atoms with Crippen molar-refractivity contribution >= 4 is 5.91 Å². The number of nitrogens with zero attached hydrogens (tertiary/aromatic N) is 2. The number of carbonyl (C=O) groups excluding carboxylic acids is 1. The van der Waals surface area contributed by atoms with E-state index in [1.54, 1.807) is 24.5 Å². The molecule has 0 bridgehead atoms. The number of aromatic nitrogens is 1. The third-order valence-corrected chi connectivity index (χ3v) is 3.34. The highest BCUT2D eigenvalue weighted by atomic mass is 16.2. The summed E-state index contributed by atoms with van der Waals surface area (Å²) in [6.07, 6.45) is 6.54. The molecule has 92 valence electrons. The van der Waals surface area contributed by atoms with Gasteiger partial charge in [0.05, 0.1) is 0 Å². The third-order valence-electron chi connectivity index (χ3n) is 3.34. The summed E-state index contributed by atoms with van der Waals surface area (Å²) in [6, 6.07) is 3.72. The second kappa shape index (κ2) is 5.27. The van der Waals surface area contributed by atoms with Crippen LogP contribution in [-0.4, -0.2) is 34.4 Å². The van der Waals surface area contributed by atoms with E-state index in [4.69, 9.17) is 5.73 Å². The van der Waals surface area contributed by atoms with Gasteiger partial charge in [-0.15, -0.1) is 0 Å². The standard InChI is InChI=1S/C13H19N3O/c1-10(14)12-4-2-3-9-16(12)13(17)11-5-7-15-8-6-11/h5-8,10,12H,2-4,9,14H2,1H3/t10-,12+/m1/s1. The van der Waals surface area contributed by atoms with Crippen molar-refractivity contribution in [3.8, 4) is 0 Å². The van der Waals surface area contributed by atoms with E-state index in [0.29, 0.717) is 5.56 Å². The minimum atomic E-state index is 0.0288. The van der Waals surface area contributed by atoms with Gasteiger partial charge >= 0.3 is 0 Å². The van der Waals surface area contributed by atoms with Gasteiger partial charge in [-0.2, -0.15) is 0 Å². The molecule has 2 heterocycles. The molecule has 1 aromatic rings. The number of pyridine rings is 1. The Balaban J connectivity index is 2.17. The number of rotatable bonds is 2. The zero-order valence-electron chi connectivity index (χ0n) is 10.2. The Bertz CT molecular complexity index is 378. The maximum atomic E-state index is 12.4. The van der Waals surface area contributed by atoms with Crippen LogP contribution in [0.4, 0.5) is 0 Å². The lowest BCUT2D eigenvalue weighted by Crippen LogP contribution is -2.51. The Morgan fingerprint density at radius 2 is 2.18 bits per heavy atom. The van der Waals surface area contributed by atoms with Crippen LogP contribution < -0.4 is 5.73 Å². The number of nitrogens with two attached hydrogens (primary N) is 1. The van der Waals surface area contributed by atoms with Gasteiger partial charge in [-0.05, 0) is 38.3 Å². The molecule has 1 aliphatic heterocycles. The number of hydrogen-bond donors (Lipinski definition) is 1. The zero-order chi connectivity index (χ0) is 12.3. The first-order valence-corrected chi connectivity index (χ1v) is 6.16. The molecule has 1 aromatic heterocycles. The molecule has 17 heavy (non-hydrogen) atoms. The largest absolute Gasteiger partial charge is 0.334 e. The number of hydrogen-bond acceptors (Lipinski definition) is 3. The lowest BCUT2D eigenvalue weighted by Gasteiger charge is -2.38. The molecule has 1 fully saturated rings. The fourth-order valence-electron chi connectivity index (χ4n) is 2.42. The summed E-state index contributed by atoms with van der Waals surface area (Å²) >= 11 is 0. The van der Waals surface area contributed by atoms with Crippen LogP contribution in [0.1, 0.15) is 36.5 Å². The van der Waals surface area contributed by atoms with E-state index in [9.17, 15) is 4.79 Å². The first-order chi connectivity index (χ1) is 8.20. The summed E-state index contributed by atoms with van der Waals surface area (Å²) < 4.78 is 0. The van der Waals surface area contributed by atoms with Crippen molar-refractivity contribution in [2.75, 3.05) is 6.54 Å². The predicted molar refractivity (Wildman–Crippen MR) is 66.6 cm³/mol. The van der Waals surface area contributed by atoms with Crippen molar-refractivity contribution in [1.29, 1.82) is 0 Å². The van der Waals surface area contributed by atoms with Gasteiger partial charge in [-0.1, -0.05) is 0 Å². The van der Waals surface area contributed by atoms with E-state index >= 15 is 0 Å². The maximum absolute atomic E-state index is 12.4. The van der Waals surface area contributed by atoms with Crippen molar-refractivity contribution in [2.24, 2.45) is 5.73 Å². The lowest BCUT2D eigenvalue weighted by molar-refractivity contribution is 0.0583. The van der Waals surface area contributed by atoms with E-state index in [2.05, 4.69) is 4.98 Å². The third kappa shape index (κ3) is 2.64. The molecule has 0 radical (unpaired) electrons. The fraction of sp³-hybridized carbons (Fsp3) is 0.538. The fourth-order valence-corrected chi connectivity index (χ4v) is 2.42. The molecule has 2 atom stereocenters. The van der Waals surface area contributed by atoms with E-state index in [-0.39, 0.29) is 18.0 Å². The smallest absolute Gasteiger partial charge is 0.254 e. The van der Waals surface area contributed by atoms with Gasteiger partial charge in [0, 0.05) is 36.6 Å². The molecular weight excluding hydrogens is 214 g/mol. The van der Waals surface area contributed by atoms with Crippen LogP contribution in [0.25, 0.3) is 0 Å². The first kappa shape index (κ1) is 12.0. The maximum Gasteiger partial charge on any atom is 0.254 e. The molecular formula is C13H19N3O. The van der Waals surface area contributed by atoms with Gasteiger partial charge in [0.25, 0.3) is 5.91 Å². The van der Waals surface area contributed by atoms with Crippen LogP contribution in [0.15, 0.2) is 24.5 Å². The minimum Gasteiger partial charge on any atom is -0.334 e. The number of piperidine rings is 1. The van der Waals surface area contributed by atoms with E-state index in [0.717, 1.165) is 25.8 Å². The van der Waals surface area contributed by atoms with Gasteiger partial charge < -0.3 is 10.6 Å². The number of carbonyl (C=O) groups is 1. The van der Waals surface area contributed by atoms with Gasteiger partial charge in [-0.3, -0.25) is 9.78 Å². The summed E-state index contributed by atoms with van der Waals surface area (Å²) in [5, 5.41) is 0. The molecule has 1 saturated heterocycles. The molecule has 1 aliphatic rings. The van der Waals surface area contributed by atoms with Crippen LogP contribution in [0.5, 0.6) is 0 Å². The quantitative estimate of drug-likeness (QED) is 0.840. The van der Waals surface area contributed by atoms with Crippen LogP contribution in [0.2, 0.25) is 0 Å². The first-order valence-electron chi connectivity index (χ1n) is 6.16. The van der Waals surface area contributed by atoms with Crippen LogP contribution >= 0.6 is 0 Å². The Kier molecular flexibility index (Phi) is 3.74. The number of likely N-dealkylation sites (tertiary alicyclic amines) is 1. The van der Waals surface area contributed by atoms with Crippen LogP contribution in [0.3, 0.4) is 0 Å². The summed E-state index contributed by atoms with van der Waals surface area (Å²) in [5.74, 6) is 0.0781. The van der Waals surface area contributed by atoms with Crippen molar-refractivity contribution in [3.63, 3.8) is 0 Å². The van der Waals surface area contributed by atoms with Crippen molar-refractivity contribution in [1.82, 2.24) is 9.88 Å². The summed E-state index contributed by atoms with van der Waals surface area (Å²) in [5.41, 5.74) is 6.67. The zero-order valence-corrected chi connectivity index (χ0v) is 10.2. The van der Waals surface area contributed by atoms with Crippen LogP contribution in [-0.2, 0) is 0 Å². The van der Waals surface area contributed by atoms with Crippen molar-refractivity contribution < 1.29 is 4.79 Å². The topological polar surface area (TPSA) is 59.2 Å². The highest BCUT2D eigenvalue weighted by molar-refractivity contribution is 5.94. The minimum absolute atomic E-state index is 0.0288. The Hall–Kier alpha value is -1.42. The summed E-state index contributed by atoms with van der Waals surface area (Å²) in [4.78, 5) is 18.2. The van der Waals surface area contributed by atoms with Crippen LogP contribution in [0, 0.1) is 0 Å². The molecule has 0 unspecified atom stereocenters.